The van der Waals surface area contributed by atoms with Crippen molar-refractivity contribution >= 4 is 0 Å². The van der Waals surface area contributed by atoms with Crippen molar-refractivity contribution in [2.75, 3.05) is 0 Å². The van der Waals surface area contributed by atoms with Crippen molar-refractivity contribution in [3.8, 4) is 0 Å². The van der Waals surface area contributed by atoms with E-state index in [0.29, 0.717) is 10.8 Å². The highest BCUT2D eigenvalue weighted by Crippen LogP contribution is 2.70. The van der Waals surface area contributed by atoms with Gasteiger partial charge in [-0.1, -0.05) is 31.4 Å². The lowest BCUT2D eigenvalue weighted by molar-refractivity contribution is 0.0829. The molecule has 0 aromatic carbocycles. The predicted octanol–water partition coefficient (Wildman–Crippen LogP) is 4.70. The van der Waals surface area contributed by atoms with Crippen LogP contribution in [0.15, 0.2) is 11.1 Å². The summed E-state index contributed by atoms with van der Waals surface area (Å²) in [5, 5.41) is 0. The zero-order valence-electron chi connectivity index (χ0n) is 10.5. The van der Waals surface area contributed by atoms with Crippen LogP contribution >= 0.6 is 0 Å². The van der Waals surface area contributed by atoms with Crippen molar-refractivity contribution in [2.45, 2.75) is 65.7 Å². The van der Waals surface area contributed by atoms with E-state index in [2.05, 4.69) is 20.8 Å². The van der Waals surface area contributed by atoms with E-state index in [1.807, 2.05) is 5.57 Å². The van der Waals surface area contributed by atoms with E-state index < -0.39 is 0 Å². The molecule has 3 unspecified atom stereocenters. The zero-order chi connectivity index (χ0) is 10.7. The second kappa shape index (κ2) is 2.90. The fourth-order valence-corrected chi connectivity index (χ4v) is 5.33. The normalized spacial score (nSPS) is 49.4. The SMILES string of the molecule is CC1=C2CCC3(C)CCCC23C(C)CC1. The van der Waals surface area contributed by atoms with Crippen LogP contribution in [0, 0.1) is 16.7 Å². The van der Waals surface area contributed by atoms with Crippen LogP contribution in [0.4, 0.5) is 0 Å². The van der Waals surface area contributed by atoms with Gasteiger partial charge in [0.2, 0.25) is 0 Å². The molecule has 0 heterocycles. The topological polar surface area (TPSA) is 0 Å². The molecule has 0 aromatic rings. The van der Waals surface area contributed by atoms with Crippen LogP contribution in [-0.2, 0) is 0 Å². The Balaban J connectivity index is 2.18. The summed E-state index contributed by atoms with van der Waals surface area (Å²) >= 11 is 0. The summed E-state index contributed by atoms with van der Waals surface area (Å²) in [5.74, 6) is 0.950. The molecule has 0 saturated heterocycles. The molecular formula is C15H24. The van der Waals surface area contributed by atoms with Crippen LogP contribution in [-0.4, -0.2) is 0 Å². The largest absolute Gasteiger partial charge is 0.0735 e. The van der Waals surface area contributed by atoms with Gasteiger partial charge in [0.1, 0.15) is 0 Å². The maximum Gasteiger partial charge on any atom is -0.000597 e. The lowest BCUT2D eigenvalue weighted by atomic mass is 9.57. The molecule has 0 aliphatic heterocycles. The second-order valence-corrected chi connectivity index (χ2v) is 6.58. The van der Waals surface area contributed by atoms with Crippen LogP contribution in [0.25, 0.3) is 0 Å². The molecule has 3 rings (SSSR count). The third kappa shape index (κ3) is 0.990. The zero-order valence-corrected chi connectivity index (χ0v) is 10.5. The van der Waals surface area contributed by atoms with Crippen molar-refractivity contribution in [2.24, 2.45) is 16.7 Å². The van der Waals surface area contributed by atoms with Crippen LogP contribution < -0.4 is 0 Å². The first-order chi connectivity index (χ1) is 7.10. The van der Waals surface area contributed by atoms with Gasteiger partial charge in [0.25, 0.3) is 0 Å². The van der Waals surface area contributed by atoms with Gasteiger partial charge in [-0.25, -0.2) is 0 Å². The summed E-state index contributed by atoms with van der Waals surface area (Å²) in [5.41, 5.74) is 4.98. The number of allylic oxidation sites excluding steroid dienone is 2. The Kier molecular flexibility index (Phi) is 1.92. The first-order valence-corrected chi connectivity index (χ1v) is 6.79. The van der Waals surface area contributed by atoms with Gasteiger partial charge in [-0.3, -0.25) is 0 Å². The molecule has 0 N–H and O–H groups in total. The highest BCUT2D eigenvalue weighted by atomic mass is 14.6. The molecule has 0 aromatic heterocycles. The first-order valence-electron chi connectivity index (χ1n) is 6.79. The van der Waals surface area contributed by atoms with Gasteiger partial charge < -0.3 is 0 Å². The predicted molar refractivity (Wildman–Crippen MR) is 64.7 cm³/mol. The quantitative estimate of drug-likeness (QED) is 0.502. The smallest absolute Gasteiger partial charge is 0.000597 e. The fourth-order valence-electron chi connectivity index (χ4n) is 5.33. The minimum atomic E-state index is 0.648. The van der Waals surface area contributed by atoms with Crippen molar-refractivity contribution in [3.63, 3.8) is 0 Å². The van der Waals surface area contributed by atoms with Gasteiger partial charge in [0, 0.05) is 0 Å². The summed E-state index contributed by atoms with van der Waals surface area (Å²) in [6, 6.07) is 0. The molecule has 3 aliphatic carbocycles. The summed E-state index contributed by atoms with van der Waals surface area (Å²) < 4.78 is 0. The summed E-state index contributed by atoms with van der Waals surface area (Å²) in [7, 11) is 0. The van der Waals surface area contributed by atoms with Crippen molar-refractivity contribution in [3.05, 3.63) is 11.1 Å². The molecule has 0 amide bonds. The van der Waals surface area contributed by atoms with Crippen LogP contribution in [0.1, 0.15) is 65.7 Å². The number of hydrogen-bond acceptors (Lipinski definition) is 0. The maximum absolute atomic E-state index is 2.59. The van der Waals surface area contributed by atoms with E-state index in [1.54, 1.807) is 5.57 Å². The fraction of sp³-hybridized carbons (Fsp3) is 0.867. The maximum atomic E-state index is 2.59. The van der Waals surface area contributed by atoms with Crippen LogP contribution in [0.2, 0.25) is 0 Å². The molecule has 15 heavy (non-hydrogen) atoms. The lowest BCUT2D eigenvalue weighted by Gasteiger charge is -2.47. The van der Waals surface area contributed by atoms with Gasteiger partial charge >= 0.3 is 0 Å². The highest BCUT2D eigenvalue weighted by Gasteiger charge is 2.60. The number of rotatable bonds is 0. The lowest BCUT2D eigenvalue weighted by Crippen LogP contribution is -2.39. The van der Waals surface area contributed by atoms with Crippen LogP contribution in [0.5, 0.6) is 0 Å². The Labute approximate surface area is 94.1 Å². The van der Waals surface area contributed by atoms with E-state index in [4.69, 9.17) is 0 Å². The standard InChI is InChI=1S/C15H24/c1-11-5-6-12(2)15-9-4-8-14(15,3)10-7-13(11)15/h12H,4-10H2,1-3H3. The molecule has 3 aliphatic rings. The van der Waals surface area contributed by atoms with Gasteiger partial charge in [-0.2, -0.15) is 0 Å². The van der Waals surface area contributed by atoms with E-state index in [9.17, 15) is 0 Å². The van der Waals surface area contributed by atoms with Gasteiger partial charge in [0.15, 0.2) is 0 Å². The van der Waals surface area contributed by atoms with Crippen molar-refractivity contribution in [1.29, 1.82) is 0 Å². The van der Waals surface area contributed by atoms with Gasteiger partial charge in [-0.15, -0.1) is 0 Å². The van der Waals surface area contributed by atoms with Crippen molar-refractivity contribution in [1.82, 2.24) is 0 Å². The van der Waals surface area contributed by atoms with E-state index in [1.165, 1.54) is 44.9 Å². The number of hydrogen-bond donors (Lipinski definition) is 0. The summed E-state index contributed by atoms with van der Waals surface area (Å²) in [6.07, 6.45) is 10.2. The Morgan fingerprint density at radius 2 is 1.93 bits per heavy atom. The third-order valence-electron chi connectivity index (χ3n) is 6.15. The van der Waals surface area contributed by atoms with Crippen molar-refractivity contribution < 1.29 is 0 Å². The van der Waals surface area contributed by atoms with E-state index in [0.717, 1.165) is 5.92 Å². The molecule has 2 fully saturated rings. The molecule has 2 saturated carbocycles. The average molecular weight is 204 g/mol. The van der Waals surface area contributed by atoms with E-state index >= 15 is 0 Å². The Bertz CT molecular complexity index is 325. The molecule has 0 heteroatoms. The van der Waals surface area contributed by atoms with Gasteiger partial charge in [0.05, 0.1) is 0 Å². The molecule has 3 atom stereocenters. The van der Waals surface area contributed by atoms with E-state index in [-0.39, 0.29) is 0 Å². The molecule has 0 nitrogen and oxygen atoms in total. The average Bonchev–Trinajstić information content (AvgIpc) is 2.65. The Morgan fingerprint density at radius 1 is 1.13 bits per heavy atom. The highest BCUT2D eigenvalue weighted by molar-refractivity contribution is 5.34. The minimum Gasteiger partial charge on any atom is -0.0735 e. The summed E-state index contributed by atoms with van der Waals surface area (Å²) in [4.78, 5) is 0. The molecular weight excluding hydrogens is 180 g/mol. The van der Waals surface area contributed by atoms with Gasteiger partial charge in [-0.05, 0) is 62.2 Å². The Morgan fingerprint density at radius 3 is 2.73 bits per heavy atom. The molecule has 84 valence electrons. The molecule has 0 radical (unpaired) electrons. The molecule has 1 spiro atoms. The molecule has 0 bridgehead atoms. The third-order valence-corrected chi connectivity index (χ3v) is 6.15. The Hall–Kier alpha value is -0.260. The van der Waals surface area contributed by atoms with Crippen LogP contribution in [0.3, 0.4) is 0 Å². The minimum absolute atomic E-state index is 0.648. The summed E-state index contributed by atoms with van der Waals surface area (Å²) in [6.45, 7) is 7.52. The first kappa shape index (κ1) is 9.93. The second-order valence-electron chi connectivity index (χ2n) is 6.58. The monoisotopic (exact) mass is 204 g/mol.